The van der Waals surface area contributed by atoms with Crippen molar-refractivity contribution in [3.05, 3.63) is 101 Å². The van der Waals surface area contributed by atoms with Gasteiger partial charge in [-0.15, -0.1) is 0 Å². The Morgan fingerprint density at radius 1 is 0.750 bits per heavy atom. The number of halogens is 2. The molecule has 0 saturated carbocycles. The van der Waals surface area contributed by atoms with Crippen LogP contribution in [0.2, 0.25) is 5.02 Å². The quantitative estimate of drug-likeness (QED) is 0.0999. The van der Waals surface area contributed by atoms with Gasteiger partial charge in [0.25, 0.3) is 17.8 Å². The van der Waals surface area contributed by atoms with Crippen molar-refractivity contribution in [1.29, 1.82) is 0 Å². The van der Waals surface area contributed by atoms with E-state index in [2.05, 4.69) is 25.4 Å². The second-order valence-corrected chi connectivity index (χ2v) is 13.7. The van der Waals surface area contributed by atoms with E-state index in [-0.39, 0.29) is 55.2 Å². The van der Waals surface area contributed by atoms with Crippen molar-refractivity contribution >= 4 is 75.5 Å². The van der Waals surface area contributed by atoms with Crippen LogP contribution in [-0.4, -0.2) is 107 Å². The van der Waals surface area contributed by atoms with Crippen LogP contribution in [0.3, 0.4) is 0 Å². The Morgan fingerprint density at radius 2 is 1.20 bits per heavy atom. The number of hydrogen-bond donors (Lipinski definition) is 6. The van der Waals surface area contributed by atoms with E-state index in [1.54, 1.807) is 26.0 Å². The average Bonchev–Trinajstić information content (AvgIpc) is 3.18. The fourth-order valence-electron chi connectivity index (χ4n) is 5.91. The van der Waals surface area contributed by atoms with E-state index in [4.69, 9.17) is 42.9 Å². The molecule has 3 amide bonds. The summed E-state index contributed by atoms with van der Waals surface area (Å²) in [5, 5.41) is 21.3. The fourth-order valence-corrected chi connectivity index (χ4v) is 6.17. The smallest absolute Gasteiger partial charge is 0.300 e. The number of carboxylic acids is 2. The number of nitrogens with zero attached hydrogens (tertiary/aromatic N) is 5. The van der Waals surface area contributed by atoms with Crippen LogP contribution in [0.1, 0.15) is 43.6 Å². The van der Waals surface area contributed by atoms with E-state index in [9.17, 15) is 18.8 Å². The summed E-state index contributed by atoms with van der Waals surface area (Å²) >= 11 is 6.59. The zero-order chi connectivity index (χ0) is 43.6. The Kier molecular flexibility index (Phi) is 20.8. The van der Waals surface area contributed by atoms with Crippen LogP contribution in [0.25, 0.3) is 0 Å². The summed E-state index contributed by atoms with van der Waals surface area (Å²) in [4.78, 5) is 65.1. The van der Waals surface area contributed by atoms with Crippen LogP contribution < -0.4 is 31.9 Å². The summed E-state index contributed by atoms with van der Waals surface area (Å²) < 4.78 is 13.5. The molecule has 8 N–H and O–H groups in total. The number of aromatic nitrogens is 1. The van der Waals surface area contributed by atoms with Crippen LogP contribution in [0, 0.1) is 5.82 Å². The van der Waals surface area contributed by atoms with Crippen LogP contribution in [-0.2, 0) is 46.1 Å². The molecule has 0 atom stereocenters. The molecule has 2 saturated heterocycles. The predicted octanol–water partition coefficient (Wildman–Crippen LogP) is 5.11. The topological polar surface area (TPSA) is 228 Å². The molecule has 0 spiro atoms. The first-order valence-corrected chi connectivity index (χ1v) is 18.9. The maximum Gasteiger partial charge on any atom is 0.300 e. The zero-order valence-electron chi connectivity index (χ0n) is 33.8. The summed E-state index contributed by atoms with van der Waals surface area (Å²) in [6, 6.07) is 21.8. The molecular formula is C41H51ClFN9O7Pd. The number of nitrogen functional groups attached to an aromatic ring is 1. The van der Waals surface area contributed by atoms with E-state index >= 15 is 0 Å². The molecular weight excluding hydrogens is 891 g/mol. The van der Waals surface area contributed by atoms with E-state index in [0.717, 1.165) is 70.2 Å². The van der Waals surface area contributed by atoms with Gasteiger partial charge >= 0.3 is 0 Å². The number of amides is 3. The molecule has 0 radical (unpaired) electrons. The normalized spacial score (nSPS) is 13.0. The number of nitrogens with one attached hydrogen (secondary N) is 2. The molecule has 2 fully saturated rings. The Labute approximate surface area is 367 Å². The number of pyridine rings is 1. The van der Waals surface area contributed by atoms with E-state index < -0.39 is 17.8 Å². The van der Waals surface area contributed by atoms with Gasteiger partial charge in [0.2, 0.25) is 11.8 Å². The minimum absolute atomic E-state index is 0. The number of nitrogens with two attached hydrogens (primary N) is 2. The molecule has 326 valence electrons. The molecule has 3 heterocycles. The van der Waals surface area contributed by atoms with E-state index in [1.165, 1.54) is 24.0 Å². The molecule has 0 bridgehead atoms. The number of carboxylic acid groups (broad SMARTS) is 2. The van der Waals surface area contributed by atoms with Gasteiger partial charge in [0, 0.05) is 136 Å². The van der Waals surface area contributed by atoms with Crippen molar-refractivity contribution < 1.29 is 59.0 Å². The molecule has 19 heteroatoms. The SMILES string of the molecule is CC(=O)N1CCN(c2ccc(N)cc2)CC1.CC(=O)N1CCN(c2ccc(Nc3ncc(C(N)=O)c(NCc4cccc(F)c4)c3Cl)cc2)CC1.CC(=O)O.CC(=O)O.[Pd]. The fraction of sp³-hybridized carbons (Fsp3) is 0.317. The van der Waals surface area contributed by atoms with Crippen LogP contribution in [0.5, 0.6) is 0 Å². The standard InChI is InChI=1S/C25H26ClFN6O2.C12H17N3O.2C2H4O2.Pd/c1-16(34)32-9-11-33(12-10-32)20-7-5-19(6-8-20)31-25-22(26)23(21(15-30-25)24(28)35)29-14-17-3-2-4-18(27)13-17;1-10(16)14-6-8-15(9-7-14)12-4-2-11(13)3-5-12;2*1-2(3)4;/h2-8,13,15H,9-12,14H2,1H3,(H2,28,35)(H2,29,30,31);2-5H,6-9,13H2,1H3;2*1H3,(H,3,4);. The Balaban J connectivity index is 0.000000409. The molecule has 1 aromatic heterocycles. The largest absolute Gasteiger partial charge is 0.481 e. The first kappa shape index (κ1) is 50.2. The number of carbonyl (C=O) groups excluding carboxylic acids is 3. The van der Waals surface area contributed by atoms with Gasteiger partial charge in [0.1, 0.15) is 10.8 Å². The number of piperazine rings is 2. The molecule has 2 aliphatic rings. The molecule has 3 aromatic carbocycles. The third-order valence-corrected chi connectivity index (χ3v) is 9.21. The van der Waals surface area contributed by atoms with Crippen molar-refractivity contribution in [1.82, 2.24) is 14.8 Å². The van der Waals surface area contributed by atoms with Crippen LogP contribution >= 0.6 is 11.6 Å². The monoisotopic (exact) mass is 941 g/mol. The van der Waals surface area contributed by atoms with Gasteiger partial charge in [0.05, 0.1) is 11.3 Å². The first-order valence-electron chi connectivity index (χ1n) is 18.5. The van der Waals surface area contributed by atoms with Crippen LogP contribution in [0.4, 0.5) is 38.6 Å². The Hall–Kier alpha value is -5.96. The second kappa shape index (κ2) is 24.8. The average molecular weight is 943 g/mol. The second-order valence-electron chi connectivity index (χ2n) is 13.3. The predicted molar refractivity (Wildman–Crippen MR) is 228 cm³/mol. The number of primary amides is 1. The summed E-state index contributed by atoms with van der Waals surface area (Å²) in [5.41, 5.74) is 16.1. The van der Waals surface area contributed by atoms with Crippen molar-refractivity contribution in [3.63, 3.8) is 0 Å². The number of anilines is 6. The number of hydrogen-bond acceptors (Lipinski definition) is 11. The third kappa shape index (κ3) is 16.7. The Morgan fingerprint density at radius 3 is 1.62 bits per heavy atom. The summed E-state index contributed by atoms with van der Waals surface area (Å²) in [5.74, 6) is -2.09. The molecule has 16 nitrogen and oxygen atoms in total. The summed E-state index contributed by atoms with van der Waals surface area (Å²) in [6.45, 7) is 12.0. The summed E-state index contributed by atoms with van der Waals surface area (Å²) in [6.07, 6.45) is 1.35. The van der Waals surface area contributed by atoms with Gasteiger partial charge in [-0.1, -0.05) is 23.7 Å². The molecule has 0 aliphatic carbocycles. The Bertz CT molecular complexity index is 2030. The first-order chi connectivity index (χ1) is 27.9. The number of rotatable bonds is 8. The van der Waals surface area contributed by atoms with Gasteiger partial charge in [-0.05, 0) is 66.2 Å². The van der Waals surface area contributed by atoms with Crippen molar-refractivity contribution in [3.8, 4) is 0 Å². The van der Waals surface area contributed by atoms with Gasteiger partial charge in [-0.25, -0.2) is 9.37 Å². The minimum atomic E-state index is -0.833. The van der Waals surface area contributed by atoms with Gasteiger partial charge < -0.3 is 51.9 Å². The molecule has 2 aliphatic heterocycles. The number of carbonyl (C=O) groups is 5. The van der Waals surface area contributed by atoms with Crippen molar-refractivity contribution in [2.24, 2.45) is 5.73 Å². The number of aliphatic carboxylic acids is 2. The molecule has 0 unspecified atom stereocenters. The van der Waals surface area contributed by atoms with Crippen LogP contribution in [0.15, 0.2) is 79.0 Å². The van der Waals surface area contributed by atoms with E-state index in [1.807, 2.05) is 58.3 Å². The molecule has 4 aromatic rings. The maximum absolute atomic E-state index is 13.5. The molecule has 6 rings (SSSR count). The van der Waals surface area contributed by atoms with Gasteiger partial charge in [0.15, 0.2) is 5.82 Å². The maximum atomic E-state index is 13.5. The van der Waals surface area contributed by atoms with Gasteiger partial charge in [-0.2, -0.15) is 0 Å². The van der Waals surface area contributed by atoms with Crippen molar-refractivity contribution in [2.75, 3.05) is 78.5 Å². The summed E-state index contributed by atoms with van der Waals surface area (Å²) in [7, 11) is 0. The third-order valence-electron chi connectivity index (χ3n) is 8.85. The minimum Gasteiger partial charge on any atom is -0.481 e. The van der Waals surface area contributed by atoms with Crippen molar-refractivity contribution in [2.45, 2.75) is 34.2 Å². The van der Waals surface area contributed by atoms with E-state index in [0.29, 0.717) is 30.2 Å². The zero-order valence-corrected chi connectivity index (χ0v) is 36.1. The van der Waals surface area contributed by atoms with Gasteiger partial charge in [-0.3, -0.25) is 24.0 Å². The number of benzene rings is 3. The molecule has 60 heavy (non-hydrogen) atoms.